The number of fused-ring (bicyclic) bond motifs is 1. The largest absolute Gasteiger partial charge is 0.305 e. The highest BCUT2D eigenvalue weighted by Gasteiger charge is 2.31. The van der Waals surface area contributed by atoms with E-state index >= 15 is 0 Å². The summed E-state index contributed by atoms with van der Waals surface area (Å²) in [6, 6.07) is 14.5. The molecule has 1 amide bonds. The van der Waals surface area contributed by atoms with Gasteiger partial charge < -0.3 is 4.90 Å². The second-order valence-electron chi connectivity index (χ2n) is 5.81. The van der Waals surface area contributed by atoms with Crippen LogP contribution in [-0.4, -0.2) is 26.6 Å². The van der Waals surface area contributed by atoms with Gasteiger partial charge in [0.25, 0.3) is 5.91 Å². The molecule has 0 unspecified atom stereocenters. The van der Waals surface area contributed by atoms with Crippen LogP contribution < -0.4 is 9.62 Å². The Hall–Kier alpha value is -2.34. The van der Waals surface area contributed by atoms with E-state index in [2.05, 4.69) is 4.72 Å². The Morgan fingerprint density at radius 1 is 1.17 bits per heavy atom. The van der Waals surface area contributed by atoms with Crippen molar-refractivity contribution in [3.8, 4) is 0 Å². The van der Waals surface area contributed by atoms with Crippen molar-refractivity contribution >= 4 is 27.3 Å². The molecule has 0 fully saturated rings. The summed E-state index contributed by atoms with van der Waals surface area (Å²) in [6.45, 7) is 2.01. The van der Waals surface area contributed by atoms with E-state index in [-0.39, 0.29) is 11.9 Å². The molecule has 1 atom stereocenters. The summed E-state index contributed by atoms with van der Waals surface area (Å²) in [5.74, 6) is -0.125. The highest BCUT2D eigenvalue weighted by atomic mass is 32.2. The number of hydrogen-bond acceptors (Lipinski definition) is 3. The minimum Gasteiger partial charge on any atom is -0.305 e. The van der Waals surface area contributed by atoms with Crippen LogP contribution in [0.3, 0.4) is 0 Å². The highest BCUT2D eigenvalue weighted by Crippen LogP contribution is 2.33. The number of para-hydroxylation sites is 1. The third kappa shape index (κ3) is 3.22. The molecule has 0 aliphatic carbocycles. The minimum atomic E-state index is -3.37. The Bertz CT molecular complexity index is 862. The first kappa shape index (κ1) is 15.6. The zero-order valence-electron chi connectivity index (χ0n) is 13.0. The lowest BCUT2D eigenvalue weighted by atomic mass is 10.1. The van der Waals surface area contributed by atoms with Gasteiger partial charge in [-0.15, -0.1) is 0 Å². The van der Waals surface area contributed by atoms with Gasteiger partial charge in [0.1, 0.15) is 0 Å². The molecule has 23 heavy (non-hydrogen) atoms. The predicted octanol–water partition coefficient (Wildman–Crippen LogP) is 2.65. The fourth-order valence-electron chi connectivity index (χ4n) is 2.94. The normalized spacial score (nSPS) is 17.0. The van der Waals surface area contributed by atoms with Crippen molar-refractivity contribution in [1.82, 2.24) is 0 Å². The summed E-state index contributed by atoms with van der Waals surface area (Å²) in [5.41, 5.74) is 2.92. The minimum absolute atomic E-state index is 0.0754. The number of rotatable bonds is 3. The Morgan fingerprint density at radius 3 is 2.65 bits per heavy atom. The molecule has 1 N–H and O–H groups in total. The number of nitrogens with one attached hydrogen (secondary N) is 1. The summed E-state index contributed by atoms with van der Waals surface area (Å²) in [4.78, 5) is 14.7. The van der Waals surface area contributed by atoms with Gasteiger partial charge in [0.2, 0.25) is 10.0 Å². The molecular weight excluding hydrogens is 312 g/mol. The number of hydrogen-bond donors (Lipinski definition) is 1. The number of carbonyl (C=O) groups excluding carboxylic acids is 1. The summed E-state index contributed by atoms with van der Waals surface area (Å²) >= 11 is 0. The monoisotopic (exact) mass is 330 g/mol. The third-order valence-electron chi connectivity index (χ3n) is 3.84. The topological polar surface area (TPSA) is 66.5 Å². The van der Waals surface area contributed by atoms with Crippen molar-refractivity contribution in [2.24, 2.45) is 0 Å². The molecule has 1 heterocycles. The van der Waals surface area contributed by atoms with Crippen LogP contribution in [0.15, 0.2) is 48.5 Å². The van der Waals surface area contributed by atoms with E-state index < -0.39 is 10.0 Å². The lowest BCUT2D eigenvalue weighted by Gasteiger charge is -2.23. The van der Waals surface area contributed by atoms with Gasteiger partial charge in [-0.3, -0.25) is 9.52 Å². The maximum Gasteiger partial charge on any atom is 0.258 e. The molecule has 2 aromatic carbocycles. The van der Waals surface area contributed by atoms with Gasteiger partial charge in [0.05, 0.1) is 6.26 Å². The molecule has 3 rings (SSSR count). The third-order valence-corrected chi connectivity index (χ3v) is 4.45. The summed E-state index contributed by atoms with van der Waals surface area (Å²) in [7, 11) is -3.37. The first-order chi connectivity index (χ1) is 10.8. The van der Waals surface area contributed by atoms with Gasteiger partial charge in [-0.2, -0.15) is 0 Å². The molecule has 6 heteroatoms. The van der Waals surface area contributed by atoms with Crippen LogP contribution in [0.25, 0.3) is 0 Å². The van der Waals surface area contributed by atoms with Crippen molar-refractivity contribution in [3.63, 3.8) is 0 Å². The van der Waals surface area contributed by atoms with E-state index in [9.17, 15) is 13.2 Å². The van der Waals surface area contributed by atoms with Gasteiger partial charge in [-0.25, -0.2) is 8.42 Å². The lowest BCUT2D eigenvalue weighted by molar-refractivity contribution is 0.0981. The number of anilines is 2. The Balaban J connectivity index is 1.94. The highest BCUT2D eigenvalue weighted by molar-refractivity contribution is 7.92. The van der Waals surface area contributed by atoms with Crippen LogP contribution in [0.4, 0.5) is 11.4 Å². The molecule has 0 saturated carbocycles. The van der Waals surface area contributed by atoms with E-state index in [1.807, 2.05) is 31.2 Å². The average molecular weight is 330 g/mol. The van der Waals surface area contributed by atoms with Crippen molar-refractivity contribution in [2.45, 2.75) is 19.4 Å². The quantitative estimate of drug-likeness (QED) is 0.941. The zero-order valence-corrected chi connectivity index (χ0v) is 13.8. The fourth-order valence-corrected chi connectivity index (χ4v) is 3.50. The molecule has 0 aromatic heterocycles. The molecule has 120 valence electrons. The van der Waals surface area contributed by atoms with Gasteiger partial charge >= 0.3 is 0 Å². The summed E-state index contributed by atoms with van der Waals surface area (Å²) in [5, 5.41) is 0. The Labute approximate surface area is 136 Å². The van der Waals surface area contributed by atoms with Crippen molar-refractivity contribution < 1.29 is 13.2 Å². The SMILES string of the molecule is C[C@@H]1Cc2ccccc2N1C(=O)c1cccc(NS(C)(=O)=O)c1. The lowest BCUT2D eigenvalue weighted by Crippen LogP contribution is -2.35. The number of nitrogens with zero attached hydrogens (tertiary/aromatic N) is 1. The van der Waals surface area contributed by atoms with E-state index in [1.165, 1.54) is 0 Å². The van der Waals surface area contributed by atoms with Crippen LogP contribution in [0.1, 0.15) is 22.8 Å². The van der Waals surface area contributed by atoms with Crippen molar-refractivity contribution in [1.29, 1.82) is 0 Å². The van der Waals surface area contributed by atoms with E-state index in [0.717, 1.165) is 23.9 Å². The van der Waals surface area contributed by atoms with Gasteiger partial charge in [-0.05, 0) is 43.2 Å². The predicted molar refractivity (Wildman–Crippen MR) is 91.3 cm³/mol. The average Bonchev–Trinajstić information content (AvgIpc) is 2.81. The maximum absolute atomic E-state index is 12.9. The molecule has 0 saturated heterocycles. The van der Waals surface area contributed by atoms with Gasteiger partial charge in [0, 0.05) is 23.0 Å². The molecule has 5 nitrogen and oxygen atoms in total. The number of sulfonamides is 1. The summed E-state index contributed by atoms with van der Waals surface area (Å²) in [6.07, 6.45) is 1.91. The van der Waals surface area contributed by atoms with Crippen LogP contribution >= 0.6 is 0 Å². The Morgan fingerprint density at radius 2 is 1.91 bits per heavy atom. The molecule has 0 radical (unpaired) electrons. The Kier molecular flexibility index (Phi) is 3.85. The first-order valence-electron chi connectivity index (χ1n) is 7.34. The van der Waals surface area contributed by atoms with Crippen LogP contribution in [-0.2, 0) is 16.4 Å². The molecule has 1 aliphatic rings. The smallest absolute Gasteiger partial charge is 0.258 e. The van der Waals surface area contributed by atoms with Crippen molar-refractivity contribution in [3.05, 3.63) is 59.7 Å². The molecule has 1 aliphatic heterocycles. The summed E-state index contributed by atoms with van der Waals surface area (Å²) < 4.78 is 25.1. The van der Waals surface area contributed by atoms with Gasteiger partial charge in [-0.1, -0.05) is 24.3 Å². The molecule has 2 aromatic rings. The van der Waals surface area contributed by atoms with E-state index in [4.69, 9.17) is 0 Å². The van der Waals surface area contributed by atoms with Gasteiger partial charge in [0.15, 0.2) is 0 Å². The van der Waals surface area contributed by atoms with Crippen LogP contribution in [0.5, 0.6) is 0 Å². The second kappa shape index (κ2) is 5.70. The molecular formula is C17H18N2O3S. The second-order valence-corrected chi connectivity index (χ2v) is 7.56. The number of benzene rings is 2. The number of carbonyl (C=O) groups is 1. The number of amides is 1. The zero-order chi connectivity index (χ0) is 16.6. The van der Waals surface area contributed by atoms with E-state index in [1.54, 1.807) is 29.2 Å². The molecule has 0 bridgehead atoms. The maximum atomic E-state index is 12.9. The first-order valence-corrected chi connectivity index (χ1v) is 9.23. The fraction of sp³-hybridized carbons (Fsp3) is 0.235. The van der Waals surface area contributed by atoms with Crippen LogP contribution in [0.2, 0.25) is 0 Å². The standard InChI is InChI=1S/C17H18N2O3S/c1-12-10-13-6-3-4-9-16(13)19(12)17(20)14-7-5-8-15(11-14)18-23(2,21)22/h3-9,11-12,18H,10H2,1-2H3/t12-/m1/s1. The van der Waals surface area contributed by atoms with Crippen molar-refractivity contribution in [2.75, 3.05) is 15.9 Å². The van der Waals surface area contributed by atoms with Crippen LogP contribution in [0, 0.1) is 0 Å². The van der Waals surface area contributed by atoms with E-state index in [0.29, 0.717) is 11.3 Å². The molecule has 0 spiro atoms.